The molecule has 0 spiro atoms. The third-order valence-electron chi connectivity index (χ3n) is 1.52. The topological polar surface area (TPSA) is 66.9 Å². The minimum atomic E-state index is -0.654. The van der Waals surface area contributed by atoms with Crippen molar-refractivity contribution in [2.45, 2.75) is 6.42 Å². The highest BCUT2D eigenvalue weighted by atomic mass is 16.1. The van der Waals surface area contributed by atoms with Crippen molar-refractivity contribution in [3.8, 4) is 0 Å². The first kappa shape index (κ1) is 8.46. The molecule has 0 aromatic heterocycles. The van der Waals surface area contributed by atoms with Gasteiger partial charge in [-0.2, -0.15) is 0 Å². The first-order valence-electron chi connectivity index (χ1n) is 3.61. The van der Waals surface area contributed by atoms with Crippen LogP contribution in [0.15, 0.2) is 30.3 Å². The average Bonchev–Trinajstić information content (AvgIpc) is 2.06. The summed E-state index contributed by atoms with van der Waals surface area (Å²) in [5.41, 5.74) is 5.80. The molecule has 0 atom stereocenters. The van der Waals surface area contributed by atoms with Gasteiger partial charge in [-0.05, 0) is 5.56 Å². The van der Waals surface area contributed by atoms with Gasteiger partial charge in [-0.15, -0.1) is 0 Å². The maximum absolute atomic E-state index is 10.5. The van der Waals surface area contributed by atoms with Crippen molar-refractivity contribution >= 4 is 11.6 Å². The molecular weight excluding hydrogens is 152 g/mol. The number of nitrogens with two attached hydrogens (primary N) is 1. The Morgan fingerprint density at radius 3 is 2.42 bits per heavy atom. The normalized spacial score (nSPS) is 9.33. The van der Waals surface area contributed by atoms with E-state index in [1.165, 1.54) is 0 Å². The van der Waals surface area contributed by atoms with Crippen LogP contribution in [0.5, 0.6) is 0 Å². The molecule has 1 rings (SSSR count). The largest absolute Gasteiger partial charge is 0.365 e. The molecule has 62 valence electrons. The van der Waals surface area contributed by atoms with Gasteiger partial charge in [-0.3, -0.25) is 10.2 Å². The zero-order valence-corrected chi connectivity index (χ0v) is 6.58. The SMILES string of the molecule is N=C(Cc1ccccc1)C(N)=O. The van der Waals surface area contributed by atoms with E-state index in [4.69, 9.17) is 11.1 Å². The van der Waals surface area contributed by atoms with E-state index in [0.717, 1.165) is 5.56 Å². The Bertz CT molecular complexity index is 293. The molecule has 1 aromatic carbocycles. The van der Waals surface area contributed by atoms with Crippen LogP contribution in [-0.4, -0.2) is 11.6 Å². The van der Waals surface area contributed by atoms with Crippen LogP contribution in [0.3, 0.4) is 0 Å². The lowest BCUT2D eigenvalue weighted by Gasteiger charge is -1.98. The molecule has 0 aliphatic heterocycles. The van der Waals surface area contributed by atoms with Gasteiger partial charge in [-0.25, -0.2) is 0 Å². The van der Waals surface area contributed by atoms with Gasteiger partial charge in [0.1, 0.15) is 5.71 Å². The maximum Gasteiger partial charge on any atom is 0.262 e. The second-order valence-corrected chi connectivity index (χ2v) is 2.51. The predicted octanol–water partition coefficient (Wildman–Crippen LogP) is 0.734. The molecule has 12 heavy (non-hydrogen) atoms. The summed E-state index contributed by atoms with van der Waals surface area (Å²) in [6.07, 6.45) is 0.316. The first-order chi connectivity index (χ1) is 5.70. The minimum Gasteiger partial charge on any atom is -0.365 e. The van der Waals surface area contributed by atoms with Crippen molar-refractivity contribution in [1.29, 1.82) is 5.41 Å². The van der Waals surface area contributed by atoms with E-state index in [2.05, 4.69) is 0 Å². The second kappa shape index (κ2) is 3.67. The molecule has 0 aliphatic carbocycles. The van der Waals surface area contributed by atoms with Crippen LogP contribution in [0, 0.1) is 5.41 Å². The molecule has 0 aliphatic rings. The predicted molar refractivity (Wildman–Crippen MR) is 47.1 cm³/mol. The molecule has 3 heteroatoms. The third-order valence-corrected chi connectivity index (χ3v) is 1.52. The first-order valence-corrected chi connectivity index (χ1v) is 3.61. The number of hydrogen-bond acceptors (Lipinski definition) is 2. The minimum absolute atomic E-state index is 0.0544. The summed E-state index contributed by atoms with van der Waals surface area (Å²) in [5.74, 6) is -0.654. The number of nitrogens with one attached hydrogen (secondary N) is 1. The lowest BCUT2D eigenvalue weighted by atomic mass is 10.1. The summed E-state index contributed by atoms with van der Waals surface area (Å²) >= 11 is 0. The molecule has 1 aromatic rings. The van der Waals surface area contributed by atoms with Crippen LogP contribution in [0.25, 0.3) is 0 Å². The van der Waals surface area contributed by atoms with Gasteiger partial charge in [0.25, 0.3) is 5.91 Å². The van der Waals surface area contributed by atoms with Crippen molar-refractivity contribution in [2.24, 2.45) is 5.73 Å². The van der Waals surface area contributed by atoms with E-state index < -0.39 is 5.91 Å². The molecule has 0 radical (unpaired) electrons. The number of rotatable bonds is 3. The monoisotopic (exact) mass is 162 g/mol. The Morgan fingerprint density at radius 1 is 1.33 bits per heavy atom. The quantitative estimate of drug-likeness (QED) is 0.632. The molecule has 3 nitrogen and oxygen atoms in total. The fourth-order valence-corrected chi connectivity index (χ4v) is 0.887. The summed E-state index contributed by atoms with van der Waals surface area (Å²) in [5, 5.41) is 7.21. The summed E-state index contributed by atoms with van der Waals surface area (Å²) < 4.78 is 0. The average molecular weight is 162 g/mol. The van der Waals surface area contributed by atoms with E-state index >= 15 is 0 Å². The van der Waals surface area contributed by atoms with E-state index in [1.807, 2.05) is 30.3 Å². The molecular formula is C9H10N2O. The van der Waals surface area contributed by atoms with Crippen molar-refractivity contribution in [3.63, 3.8) is 0 Å². The van der Waals surface area contributed by atoms with Gasteiger partial charge in [0.05, 0.1) is 0 Å². The van der Waals surface area contributed by atoms with Crippen molar-refractivity contribution in [1.82, 2.24) is 0 Å². The molecule has 0 saturated heterocycles. The van der Waals surface area contributed by atoms with Crippen LogP contribution >= 0.6 is 0 Å². The van der Waals surface area contributed by atoms with E-state index in [1.54, 1.807) is 0 Å². The number of hydrogen-bond donors (Lipinski definition) is 2. The Kier molecular flexibility index (Phi) is 2.58. The summed E-state index contributed by atoms with van der Waals surface area (Å²) in [6, 6.07) is 9.33. The smallest absolute Gasteiger partial charge is 0.262 e. The van der Waals surface area contributed by atoms with E-state index in [0.29, 0.717) is 6.42 Å². The molecule has 0 fully saturated rings. The fraction of sp³-hybridized carbons (Fsp3) is 0.111. The number of carbonyl (C=O) groups is 1. The zero-order valence-electron chi connectivity index (χ0n) is 6.58. The van der Waals surface area contributed by atoms with Crippen LogP contribution < -0.4 is 5.73 Å². The maximum atomic E-state index is 10.5. The number of carbonyl (C=O) groups excluding carboxylic acids is 1. The highest BCUT2D eigenvalue weighted by molar-refractivity contribution is 6.37. The molecule has 3 N–H and O–H groups in total. The highest BCUT2D eigenvalue weighted by Crippen LogP contribution is 1.99. The number of benzene rings is 1. The van der Waals surface area contributed by atoms with E-state index in [-0.39, 0.29) is 5.71 Å². The molecule has 0 bridgehead atoms. The fourth-order valence-electron chi connectivity index (χ4n) is 0.887. The van der Waals surface area contributed by atoms with Gasteiger partial charge in [-0.1, -0.05) is 30.3 Å². The van der Waals surface area contributed by atoms with Gasteiger partial charge in [0, 0.05) is 6.42 Å². The van der Waals surface area contributed by atoms with Gasteiger partial charge >= 0.3 is 0 Å². The molecule has 0 unspecified atom stereocenters. The summed E-state index contributed by atoms with van der Waals surface area (Å²) in [4.78, 5) is 10.5. The lowest BCUT2D eigenvalue weighted by Crippen LogP contribution is -2.23. The molecule has 0 heterocycles. The second-order valence-electron chi connectivity index (χ2n) is 2.51. The summed E-state index contributed by atoms with van der Waals surface area (Å²) in [7, 11) is 0. The Balaban J connectivity index is 2.65. The molecule has 1 amide bonds. The third kappa shape index (κ3) is 2.20. The Labute approximate surface area is 70.7 Å². The van der Waals surface area contributed by atoms with Crippen molar-refractivity contribution < 1.29 is 4.79 Å². The van der Waals surface area contributed by atoms with Crippen molar-refractivity contribution in [2.75, 3.05) is 0 Å². The van der Waals surface area contributed by atoms with Gasteiger partial charge < -0.3 is 5.73 Å². The highest BCUT2D eigenvalue weighted by Gasteiger charge is 2.03. The number of amides is 1. The van der Waals surface area contributed by atoms with Gasteiger partial charge in [0.2, 0.25) is 0 Å². The zero-order chi connectivity index (χ0) is 8.97. The Hall–Kier alpha value is -1.64. The van der Waals surface area contributed by atoms with Crippen LogP contribution in [0.1, 0.15) is 5.56 Å². The number of primary amides is 1. The van der Waals surface area contributed by atoms with Gasteiger partial charge in [0.15, 0.2) is 0 Å². The lowest BCUT2D eigenvalue weighted by molar-refractivity contribution is -0.112. The van der Waals surface area contributed by atoms with Crippen molar-refractivity contribution in [3.05, 3.63) is 35.9 Å². The van der Waals surface area contributed by atoms with Crippen LogP contribution in [-0.2, 0) is 11.2 Å². The van der Waals surface area contributed by atoms with Crippen LogP contribution in [0.4, 0.5) is 0 Å². The standard InChI is InChI=1S/C9H10N2O/c10-8(9(11)12)6-7-4-2-1-3-5-7/h1-5,10H,6H2,(H2,11,12). The van der Waals surface area contributed by atoms with Crippen LogP contribution in [0.2, 0.25) is 0 Å². The molecule has 0 saturated carbocycles. The Morgan fingerprint density at radius 2 is 1.92 bits per heavy atom. The summed E-state index contributed by atoms with van der Waals surface area (Å²) in [6.45, 7) is 0. The van der Waals surface area contributed by atoms with E-state index in [9.17, 15) is 4.79 Å².